The fourth-order valence-corrected chi connectivity index (χ4v) is 3.43. The fraction of sp³-hybridized carbons (Fsp3) is 0.0417. The van der Waals surface area contributed by atoms with Gasteiger partial charge in [0.15, 0.2) is 11.6 Å². The third-order valence-electron chi connectivity index (χ3n) is 4.99. The van der Waals surface area contributed by atoms with E-state index in [9.17, 15) is 0 Å². The zero-order chi connectivity index (χ0) is 21.2. The number of fused-ring (bicyclic) bond motifs is 2. The zero-order valence-electron chi connectivity index (χ0n) is 16.2. The van der Waals surface area contributed by atoms with Gasteiger partial charge in [-0.05, 0) is 41.3 Å². The first kappa shape index (κ1) is 18.6. The summed E-state index contributed by atoms with van der Waals surface area (Å²) in [6.45, 7) is 7.46. The number of benzene rings is 2. The molecule has 5 rings (SSSR count). The number of aromatic nitrogens is 4. The summed E-state index contributed by atoms with van der Waals surface area (Å²) in [6.07, 6.45) is 4.62. The molecular formula is C24H15FN6. The summed E-state index contributed by atoms with van der Waals surface area (Å²) >= 11 is 0. The first-order valence-electron chi connectivity index (χ1n) is 9.57. The lowest BCUT2D eigenvalue weighted by Crippen LogP contribution is -2.06. The first-order chi connectivity index (χ1) is 15.2. The number of hydrogen-bond acceptors (Lipinski definition) is 5. The van der Waals surface area contributed by atoms with Crippen LogP contribution in [0, 0.1) is 12.4 Å². The normalized spacial score (nSPS) is 10.8. The number of pyridine rings is 2. The molecule has 5 aromatic rings. The van der Waals surface area contributed by atoms with Crippen LogP contribution in [0.25, 0.3) is 37.9 Å². The second kappa shape index (κ2) is 7.76. The molecule has 0 aliphatic rings. The maximum atomic E-state index is 15.2. The summed E-state index contributed by atoms with van der Waals surface area (Å²) in [5.41, 5.74) is 3.93. The lowest BCUT2D eigenvalue weighted by atomic mass is 10.1. The molecule has 0 aliphatic heterocycles. The molecule has 0 bridgehead atoms. The predicted octanol–water partition coefficient (Wildman–Crippen LogP) is 5.54. The number of hydrogen-bond donors (Lipinski definition) is 1. The molecule has 0 fully saturated rings. The average Bonchev–Trinajstić information content (AvgIpc) is 2.82. The Morgan fingerprint density at radius 3 is 2.71 bits per heavy atom. The van der Waals surface area contributed by atoms with E-state index in [0.29, 0.717) is 17.8 Å². The standard InChI is InChI=1S/C24H15FN6/c1-26-19-11-17-5-4-15(9-21(17)28-13-19)12-29-24-22(25)23(30-14-31-24)18-6-7-20-16(10-18)3-2-8-27-20/h2-11,13-14H,12H2,(H,29,30,31). The van der Waals surface area contributed by atoms with Gasteiger partial charge < -0.3 is 5.32 Å². The molecule has 0 unspecified atom stereocenters. The first-order valence-corrected chi connectivity index (χ1v) is 9.57. The molecule has 0 spiro atoms. The van der Waals surface area contributed by atoms with Crippen LogP contribution in [0.15, 0.2) is 73.3 Å². The summed E-state index contributed by atoms with van der Waals surface area (Å²) in [5.74, 6) is -0.376. The monoisotopic (exact) mass is 406 g/mol. The molecule has 148 valence electrons. The van der Waals surface area contributed by atoms with Crippen LogP contribution in [0.4, 0.5) is 15.9 Å². The topological polar surface area (TPSA) is 68.0 Å². The van der Waals surface area contributed by atoms with Crippen LogP contribution >= 0.6 is 0 Å². The molecule has 0 saturated heterocycles. The van der Waals surface area contributed by atoms with Crippen LogP contribution in [-0.2, 0) is 6.54 Å². The van der Waals surface area contributed by atoms with Gasteiger partial charge in [0.2, 0.25) is 5.69 Å². The number of nitrogens with one attached hydrogen (secondary N) is 1. The highest BCUT2D eigenvalue weighted by Gasteiger charge is 2.13. The third-order valence-corrected chi connectivity index (χ3v) is 4.99. The van der Waals surface area contributed by atoms with E-state index in [-0.39, 0.29) is 11.5 Å². The Hall–Kier alpha value is -4.44. The Morgan fingerprint density at radius 2 is 1.81 bits per heavy atom. The minimum Gasteiger partial charge on any atom is -0.363 e. The van der Waals surface area contributed by atoms with E-state index >= 15 is 4.39 Å². The average molecular weight is 406 g/mol. The van der Waals surface area contributed by atoms with Crippen molar-refractivity contribution >= 4 is 33.3 Å². The van der Waals surface area contributed by atoms with E-state index in [1.807, 2.05) is 42.5 Å². The van der Waals surface area contributed by atoms with E-state index in [4.69, 9.17) is 6.57 Å². The van der Waals surface area contributed by atoms with Gasteiger partial charge in [-0.25, -0.2) is 19.2 Å². The summed E-state index contributed by atoms with van der Waals surface area (Å²) in [5, 5.41) is 4.85. The molecule has 0 amide bonds. The molecule has 0 radical (unpaired) electrons. The smallest absolute Gasteiger partial charge is 0.205 e. The summed E-state index contributed by atoms with van der Waals surface area (Å²) in [6, 6.07) is 16.8. The van der Waals surface area contributed by atoms with Crippen molar-refractivity contribution in [2.45, 2.75) is 6.54 Å². The molecule has 1 N–H and O–H groups in total. The molecular weight excluding hydrogens is 391 g/mol. The number of anilines is 1. The third kappa shape index (κ3) is 3.63. The van der Waals surface area contributed by atoms with E-state index in [1.165, 1.54) is 6.33 Å². The summed E-state index contributed by atoms with van der Waals surface area (Å²) in [7, 11) is 0. The van der Waals surface area contributed by atoms with Crippen LogP contribution in [-0.4, -0.2) is 19.9 Å². The van der Waals surface area contributed by atoms with Gasteiger partial charge >= 0.3 is 0 Å². The molecule has 2 aromatic carbocycles. The number of nitrogens with zero attached hydrogens (tertiary/aromatic N) is 5. The van der Waals surface area contributed by atoms with Crippen molar-refractivity contribution in [1.29, 1.82) is 0 Å². The van der Waals surface area contributed by atoms with Crippen molar-refractivity contribution in [2.75, 3.05) is 5.32 Å². The van der Waals surface area contributed by atoms with Gasteiger partial charge in [-0.1, -0.05) is 24.3 Å². The predicted molar refractivity (Wildman–Crippen MR) is 118 cm³/mol. The molecule has 0 atom stereocenters. The fourth-order valence-electron chi connectivity index (χ4n) is 3.43. The van der Waals surface area contributed by atoms with Gasteiger partial charge in [-0.3, -0.25) is 9.97 Å². The second-order valence-corrected chi connectivity index (χ2v) is 6.98. The van der Waals surface area contributed by atoms with Gasteiger partial charge in [-0.2, -0.15) is 0 Å². The maximum absolute atomic E-state index is 15.2. The van der Waals surface area contributed by atoms with Crippen molar-refractivity contribution in [3.05, 3.63) is 96.1 Å². The van der Waals surface area contributed by atoms with Gasteiger partial charge in [0.05, 0.1) is 17.6 Å². The van der Waals surface area contributed by atoms with Crippen LogP contribution in [0.5, 0.6) is 0 Å². The van der Waals surface area contributed by atoms with Crippen molar-refractivity contribution in [3.8, 4) is 11.3 Å². The molecule has 7 heteroatoms. The van der Waals surface area contributed by atoms with Crippen LogP contribution in [0.2, 0.25) is 0 Å². The Labute approximate surface area is 177 Å². The molecule has 6 nitrogen and oxygen atoms in total. The quantitative estimate of drug-likeness (QED) is 0.397. The van der Waals surface area contributed by atoms with Gasteiger partial charge in [-0.15, -0.1) is 0 Å². The van der Waals surface area contributed by atoms with E-state index in [0.717, 1.165) is 27.4 Å². The van der Waals surface area contributed by atoms with Crippen molar-refractivity contribution in [3.63, 3.8) is 0 Å². The zero-order valence-corrected chi connectivity index (χ0v) is 16.2. The minimum atomic E-state index is -0.508. The Bertz CT molecular complexity index is 1470. The highest BCUT2D eigenvalue weighted by atomic mass is 19.1. The van der Waals surface area contributed by atoms with Crippen LogP contribution < -0.4 is 5.32 Å². The minimum absolute atomic E-state index is 0.132. The molecule has 31 heavy (non-hydrogen) atoms. The van der Waals surface area contributed by atoms with Crippen LogP contribution in [0.3, 0.4) is 0 Å². The lowest BCUT2D eigenvalue weighted by Gasteiger charge is -2.10. The number of rotatable bonds is 4. The van der Waals surface area contributed by atoms with Gasteiger partial charge in [0.1, 0.15) is 12.0 Å². The van der Waals surface area contributed by atoms with Crippen molar-refractivity contribution < 1.29 is 4.39 Å². The highest BCUT2D eigenvalue weighted by molar-refractivity contribution is 5.84. The Morgan fingerprint density at radius 1 is 0.903 bits per heavy atom. The van der Waals surface area contributed by atoms with E-state index in [1.54, 1.807) is 24.5 Å². The Balaban J connectivity index is 1.41. The molecule has 0 aliphatic carbocycles. The van der Waals surface area contributed by atoms with E-state index in [2.05, 4.69) is 30.1 Å². The van der Waals surface area contributed by atoms with Crippen molar-refractivity contribution in [1.82, 2.24) is 19.9 Å². The van der Waals surface area contributed by atoms with Gasteiger partial charge in [0, 0.05) is 29.9 Å². The SMILES string of the molecule is [C-]#[N+]c1cnc2cc(CNc3ncnc(-c4ccc5ncccc5c4)c3F)ccc2c1. The summed E-state index contributed by atoms with van der Waals surface area (Å²) < 4.78 is 15.2. The molecule has 3 heterocycles. The van der Waals surface area contributed by atoms with Crippen molar-refractivity contribution in [2.24, 2.45) is 0 Å². The summed E-state index contributed by atoms with van der Waals surface area (Å²) in [4.78, 5) is 20.2. The number of halogens is 1. The van der Waals surface area contributed by atoms with Crippen LogP contribution in [0.1, 0.15) is 5.56 Å². The Kier molecular flexibility index (Phi) is 4.65. The lowest BCUT2D eigenvalue weighted by molar-refractivity contribution is 0.621. The largest absolute Gasteiger partial charge is 0.363 e. The van der Waals surface area contributed by atoms with E-state index < -0.39 is 5.82 Å². The maximum Gasteiger partial charge on any atom is 0.205 e. The van der Waals surface area contributed by atoms with Gasteiger partial charge in [0.25, 0.3) is 0 Å². The molecule has 3 aromatic heterocycles. The highest BCUT2D eigenvalue weighted by Crippen LogP contribution is 2.27. The second-order valence-electron chi connectivity index (χ2n) is 6.98. The molecule has 0 saturated carbocycles.